The zero-order chi connectivity index (χ0) is 15.7. The van der Waals surface area contributed by atoms with Crippen LogP contribution in [-0.4, -0.2) is 26.5 Å². The van der Waals surface area contributed by atoms with Crippen LogP contribution < -0.4 is 5.56 Å². The van der Waals surface area contributed by atoms with Gasteiger partial charge >= 0.3 is 0 Å². The van der Waals surface area contributed by atoms with E-state index in [4.69, 9.17) is 12.2 Å². The Labute approximate surface area is 133 Å². The molecule has 0 aliphatic carbocycles. The van der Waals surface area contributed by atoms with Crippen LogP contribution in [0.1, 0.15) is 15.9 Å². The summed E-state index contributed by atoms with van der Waals surface area (Å²) in [5, 5.41) is 0.674. The summed E-state index contributed by atoms with van der Waals surface area (Å²) in [6.45, 7) is 0. The van der Waals surface area contributed by atoms with Crippen LogP contribution in [0.3, 0.4) is 0 Å². The van der Waals surface area contributed by atoms with Gasteiger partial charge in [0.15, 0.2) is 10.6 Å². The van der Waals surface area contributed by atoms with Crippen LogP contribution in [0.5, 0.6) is 0 Å². The molecule has 0 saturated carbocycles. The second-order valence-corrected chi connectivity index (χ2v) is 6.09. The first-order chi connectivity index (χ1) is 10.5. The summed E-state index contributed by atoms with van der Waals surface area (Å²) < 4.78 is 13.0. The van der Waals surface area contributed by atoms with Crippen molar-refractivity contribution in [1.82, 2.24) is 9.97 Å². The highest BCUT2D eigenvalue weighted by molar-refractivity contribution is 8.14. The number of aromatic nitrogens is 2. The average Bonchev–Trinajstić information content (AvgIpc) is 2.89. The lowest BCUT2D eigenvalue weighted by atomic mass is 10.1. The maximum absolute atomic E-state index is 12.8. The van der Waals surface area contributed by atoms with Gasteiger partial charge in [0.1, 0.15) is 11.6 Å². The lowest BCUT2D eigenvalue weighted by molar-refractivity contribution is 0.102. The minimum Gasteiger partial charge on any atom is -0.317 e. The molecule has 8 heteroatoms. The van der Waals surface area contributed by atoms with Crippen LogP contribution in [0.15, 0.2) is 34.1 Å². The number of Topliss-reactive ketones (excluding diaryl/α,β-unsaturated/α-hetero) is 1. The fraction of sp³-hybridized carbons (Fsp3) is 0.143. The molecule has 0 amide bonds. The van der Waals surface area contributed by atoms with Gasteiger partial charge in [0.05, 0.1) is 16.4 Å². The van der Waals surface area contributed by atoms with Gasteiger partial charge in [-0.05, 0) is 36.5 Å². The largest absolute Gasteiger partial charge is 0.317 e. The highest BCUT2D eigenvalue weighted by Gasteiger charge is 2.20. The summed E-state index contributed by atoms with van der Waals surface area (Å²) in [6, 6.07) is 5.40. The van der Waals surface area contributed by atoms with Crippen molar-refractivity contribution < 1.29 is 9.18 Å². The topological polar surface area (TPSA) is 78.1 Å². The van der Waals surface area contributed by atoms with Gasteiger partial charge in [-0.1, -0.05) is 0 Å². The number of fused-ring (bicyclic) bond motifs is 1. The van der Waals surface area contributed by atoms with Gasteiger partial charge in [0.2, 0.25) is 0 Å². The molecule has 0 fully saturated rings. The molecule has 0 unspecified atom stereocenters. The molecular formula is C14H10FN3O2S2. The zero-order valence-corrected chi connectivity index (χ0v) is 12.8. The first-order valence-corrected chi connectivity index (χ1v) is 7.77. The summed E-state index contributed by atoms with van der Waals surface area (Å²) in [5.41, 5.74) is 0.704. The van der Waals surface area contributed by atoms with E-state index in [1.54, 1.807) is 0 Å². The van der Waals surface area contributed by atoms with Crippen molar-refractivity contribution in [1.29, 1.82) is 0 Å². The summed E-state index contributed by atoms with van der Waals surface area (Å²) in [7, 11) is 0. The second-order valence-electron chi connectivity index (χ2n) is 4.64. The van der Waals surface area contributed by atoms with E-state index in [1.165, 1.54) is 36.0 Å². The van der Waals surface area contributed by atoms with E-state index in [0.29, 0.717) is 28.4 Å². The Morgan fingerprint density at radius 1 is 1.32 bits per heavy atom. The highest BCUT2D eigenvalue weighted by Crippen LogP contribution is 2.25. The molecule has 1 aromatic heterocycles. The normalized spacial score (nSPS) is 12.9. The summed E-state index contributed by atoms with van der Waals surface area (Å²) in [5.74, 6) is 0.127. The van der Waals surface area contributed by atoms with Gasteiger partial charge in [0, 0.05) is 12.0 Å². The van der Waals surface area contributed by atoms with E-state index in [2.05, 4.69) is 15.0 Å². The molecule has 2 N–H and O–H groups in total. The lowest BCUT2D eigenvalue weighted by Crippen LogP contribution is -2.13. The molecule has 2 aromatic rings. The van der Waals surface area contributed by atoms with Crippen LogP contribution >= 0.6 is 24.0 Å². The molecule has 1 aromatic carbocycles. The van der Waals surface area contributed by atoms with Gasteiger partial charge in [-0.3, -0.25) is 14.6 Å². The Kier molecular flexibility index (Phi) is 4.04. The Morgan fingerprint density at radius 2 is 2.05 bits per heavy atom. The van der Waals surface area contributed by atoms with Crippen molar-refractivity contribution in [3.8, 4) is 0 Å². The van der Waals surface area contributed by atoms with E-state index >= 15 is 0 Å². The van der Waals surface area contributed by atoms with Crippen LogP contribution in [0, 0.1) is 10.6 Å². The summed E-state index contributed by atoms with van der Waals surface area (Å²) in [4.78, 5) is 33.4. The SMILES string of the molecule is O=C(CSC1=Nc2[nH]c(=S)[nH]c(=O)c2C1)c1ccc(F)cc1. The molecule has 0 radical (unpaired) electrons. The molecule has 3 rings (SSSR count). The molecule has 1 aliphatic heterocycles. The van der Waals surface area contributed by atoms with Crippen LogP contribution in [0.2, 0.25) is 0 Å². The molecule has 5 nitrogen and oxygen atoms in total. The van der Waals surface area contributed by atoms with Gasteiger partial charge in [0.25, 0.3) is 5.56 Å². The van der Waals surface area contributed by atoms with Crippen molar-refractivity contribution in [2.24, 2.45) is 4.99 Å². The number of carbonyl (C=O) groups is 1. The van der Waals surface area contributed by atoms with Crippen molar-refractivity contribution in [3.63, 3.8) is 0 Å². The molecule has 0 atom stereocenters. The predicted octanol–water partition coefficient (Wildman–Crippen LogP) is 2.77. The quantitative estimate of drug-likeness (QED) is 0.668. The average molecular weight is 335 g/mol. The number of rotatable bonds is 3. The van der Waals surface area contributed by atoms with Crippen LogP contribution in [0.4, 0.5) is 10.2 Å². The van der Waals surface area contributed by atoms with Crippen molar-refractivity contribution in [2.75, 3.05) is 5.75 Å². The Hall–Kier alpha value is -2.06. The Morgan fingerprint density at radius 3 is 2.77 bits per heavy atom. The maximum Gasteiger partial charge on any atom is 0.257 e. The van der Waals surface area contributed by atoms with E-state index in [1.807, 2.05) is 0 Å². The molecule has 0 bridgehead atoms. The number of aliphatic imine (C=N–C) groups is 1. The molecule has 1 aliphatic rings. The number of benzene rings is 1. The van der Waals surface area contributed by atoms with E-state index in [9.17, 15) is 14.0 Å². The second kappa shape index (κ2) is 5.98. The number of halogens is 1. The van der Waals surface area contributed by atoms with E-state index in [0.717, 1.165) is 0 Å². The smallest absolute Gasteiger partial charge is 0.257 e. The molecular weight excluding hydrogens is 325 g/mol. The molecule has 0 spiro atoms. The Balaban J connectivity index is 1.69. The van der Waals surface area contributed by atoms with Gasteiger partial charge in [-0.25, -0.2) is 9.38 Å². The van der Waals surface area contributed by atoms with E-state index < -0.39 is 0 Å². The first kappa shape index (κ1) is 14.9. The van der Waals surface area contributed by atoms with Gasteiger partial charge in [-0.2, -0.15) is 0 Å². The fourth-order valence-electron chi connectivity index (χ4n) is 2.03. The lowest BCUT2D eigenvalue weighted by Gasteiger charge is -2.01. The number of thioether (sulfide) groups is 1. The van der Waals surface area contributed by atoms with Gasteiger partial charge < -0.3 is 4.98 Å². The number of ketones is 1. The molecule has 112 valence electrons. The van der Waals surface area contributed by atoms with Crippen LogP contribution in [0.25, 0.3) is 0 Å². The van der Waals surface area contributed by atoms with Gasteiger partial charge in [-0.15, -0.1) is 11.8 Å². The van der Waals surface area contributed by atoms with Crippen molar-refractivity contribution in [3.05, 3.63) is 56.3 Å². The third-order valence-electron chi connectivity index (χ3n) is 3.12. The number of carbonyl (C=O) groups excluding carboxylic acids is 1. The minimum atomic E-state index is -0.380. The number of aromatic amines is 2. The number of hydrogen-bond donors (Lipinski definition) is 2. The van der Waals surface area contributed by atoms with E-state index in [-0.39, 0.29) is 27.7 Å². The Bertz CT molecular complexity index is 884. The summed E-state index contributed by atoms with van der Waals surface area (Å²) in [6.07, 6.45) is 0.373. The molecule has 2 heterocycles. The zero-order valence-electron chi connectivity index (χ0n) is 11.2. The van der Waals surface area contributed by atoms with Crippen molar-refractivity contribution >= 4 is 40.6 Å². The fourth-order valence-corrected chi connectivity index (χ4v) is 3.08. The number of nitrogens with zero attached hydrogens (tertiary/aromatic N) is 1. The number of H-pyrrole nitrogens is 2. The third kappa shape index (κ3) is 3.07. The third-order valence-corrected chi connectivity index (χ3v) is 4.30. The minimum absolute atomic E-state index is 0.120. The predicted molar refractivity (Wildman–Crippen MR) is 86.2 cm³/mol. The maximum atomic E-state index is 12.8. The standard InChI is InChI=1S/C14H10FN3O2S2/c15-8-3-1-7(2-4-8)10(19)6-22-11-5-9-12(16-11)17-14(21)18-13(9)20/h1-4H,5-6H2,(H2,17,18,20,21). The highest BCUT2D eigenvalue weighted by atomic mass is 32.2. The molecule has 22 heavy (non-hydrogen) atoms. The van der Waals surface area contributed by atoms with Crippen LogP contribution in [-0.2, 0) is 6.42 Å². The number of nitrogens with one attached hydrogen (secondary N) is 2. The van der Waals surface area contributed by atoms with Crippen molar-refractivity contribution in [2.45, 2.75) is 6.42 Å². The summed E-state index contributed by atoms with van der Waals surface area (Å²) >= 11 is 6.15. The monoisotopic (exact) mass is 335 g/mol. The molecule has 0 saturated heterocycles. The first-order valence-electron chi connectivity index (χ1n) is 6.37. The number of hydrogen-bond acceptors (Lipinski definition) is 5.